The van der Waals surface area contributed by atoms with Crippen LogP contribution in [0.25, 0.3) is 0 Å². The molecule has 0 N–H and O–H groups in total. The first-order valence-electron chi connectivity index (χ1n) is 7.63. The quantitative estimate of drug-likeness (QED) is 0.475. The average Bonchev–Trinajstić information content (AvgIpc) is 3.09. The van der Waals surface area contributed by atoms with E-state index in [9.17, 15) is 0 Å². The van der Waals surface area contributed by atoms with Gasteiger partial charge in [-0.15, -0.1) is 0 Å². The number of halogens is 2. The second kappa shape index (κ2) is 7.22. The summed E-state index contributed by atoms with van der Waals surface area (Å²) in [4.78, 5) is 5.23. The molecule has 3 aromatic rings. The van der Waals surface area contributed by atoms with E-state index < -0.39 is 0 Å². The Morgan fingerprint density at radius 2 is 1.83 bits per heavy atom. The maximum Gasteiger partial charge on any atom is 0.0956 e. The van der Waals surface area contributed by atoms with Gasteiger partial charge in [0.05, 0.1) is 16.7 Å². The molecule has 0 saturated heterocycles. The summed E-state index contributed by atoms with van der Waals surface area (Å²) in [5, 5.41) is 1.41. The summed E-state index contributed by atoms with van der Waals surface area (Å²) in [6, 6.07) is 16.1. The molecular formula is C19H18Cl2N2S. The number of benzene rings is 2. The summed E-state index contributed by atoms with van der Waals surface area (Å²) >= 11 is 14.1. The van der Waals surface area contributed by atoms with Crippen molar-refractivity contribution in [2.24, 2.45) is 0 Å². The Balaban J connectivity index is 2.01. The minimum Gasteiger partial charge on any atom is -0.324 e. The van der Waals surface area contributed by atoms with Gasteiger partial charge in [0.1, 0.15) is 0 Å². The number of rotatable bonds is 5. The van der Waals surface area contributed by atoms with Crippen LogP contribution in [-0.2, 0) is 5.41 Å². The van der Waals surface area contributed by atoms with Crippen molar-refractivity contribution in [3.05, 3.63) is 82.9 Å². The van der Waals surface area contributed by atoms with Crippen molar-refractivity contribution in [2.45, 2.75) is 29.5 Å². The van der Waals surface area contributed by atoms with Gasteiger partial charge < -0.3 is 4.57 Å². The lowest BCUT2D eigenvalue weighted by Gasteiger charge is -2.35. The van der Waals surface area contributed by atoms with Gasteiger partial charge in [-0.25, -0.2) is 4.98 Å². The summed E-state index contributed by atoms with van der Waals surface area (Å²) in [6.45, 7) is 4.48. The molecule has 0 bridgehead atoms. The zero-order chi connectivity index (χ0) is 17.2. The molecule has 2 aromatic carbocycles. The van der Waals surface area contributed by atoms with Gasteiger partial charge in [-0.2, -0.15) is 0 Å². The van der Waals surface area contributed by atoms with Crippen molar-refractivity contribution in [3.63, 3.8) is 0 Å². The summed E-state index contributed by atoms with van der Waals surface area (Å²) in [7, 11) is 0. The molecule has 1 atom stereocenters. The minimum absolute atomic E-state index is 0.0982. The Hall–Kier alpha value is -1.42. The molecule has 0 spiro atoms. The molecule has 0 aliphatic rings. The first-order chi connectivity index (χ1) is 11.5. The van der Waals surface area contributed by atoms with E-state index in [-0.39, 0.29) is 10.8 Å². The van der Waals surface area contributed by atoms with Crippen LogP contribution < -0.4 is 0 Å². The largest absolute Gasteiger partial charge is 0.324 e. The van der Waals surface area contributed by atoms with Crippen molar-refractivity contribution >= 4 is 35.0 Å². The standard InChI is InChI=1S/C19H18Cl2N2S/c1-19(2,14-6-4-3-5-7-14)18(23-11-10-22-13-23)24-17-9-8-15(20)12-16(17)21/h3-13,18H,1-2H3. The predicted molar refractivity (Wildman–Crippen MR) is 103 cm³/mol. The Kier molecular flexibility index (Phi) is 5.24. The molecule has 0 amide bonds. The molecule has 0 radical (unpaired) electrons. The van der Waals surface area contributed by atoms with E-state index in [1.54, 1.807) is 24.0 Å². The fourth-order valence-corrected chi connectivity index (χ4v) is 4.47. The van der Waals surface area contributed by atoms with Crippen LogP contribution in [-0.4, -0.2) is 9.55 Å². The van der Waals surface area contributed by atoms with E-state index >= 15 is 0 Å². The monoisotopic (exact) mass is 376 g/mol. The van der Waals surface area contributed by atoms with E-state index in [1.807, 2.05) is 30.7 Å². The molecule has 124 valence electrons. The highest BCUT2D eigenvalue weighted by atomic mass is 35.5. The fraction of sp³-hybridized carbons (Fsp3) is 0.211. The Morgan fingerprint density at radius 1 is 1.08 bits per heavy atom. The smallest absolute Gasteiger partial charge is 0.0956 e. The first kappa shape index (κ1) is 17.4. The van der Waals surface area contributed by atoms with Gasteiger partial charge in [-0.05, 0) is 23.8 Å². The molecule has 2 nitrogen and oxygen atoms in total. The van der Waals surface area contributed by atoms with Crippen LogP contribution in [0.4, 0.5) is 0 Å². The first-order valence-corrected chi connectivity index (χ1v) is 9.27. The third kappa shape index (κ3) is 3.64. The molecule has 0 aliphatic carbocycles. The highest BCUT2D eigenvalue weighted by Gasteiger charge is 2.33. The lowest BCUT2D eigenvalue weighted by atomic mass is 9.84. The van der Waals surface area contributed by atoms with Crippen LogP contribution in [0.5, 0.6) is 0 Å². The second-order valence-corrected chi connectivity index (χ2v) is 8.11. The van der Waals surface area contributed by atoms with Gasteiger partial charge in [0, 0.05) is 27.7 Å². The van der Waals surface area contributed by atoms with Gasteiger partial charge >= 0.3 is 0 Å². The lowest BCUT2D eigenvalue weighted by molar-refractivity contribution is 0.421. The van der Waals surface area contributed by atoms with Gasteiger partial charge in [0.2, 0.25) is 0 Å². The van der Waals surface area contributed by atoms with E-state index in [2.05, 4.69) is 47.7 Å². The summed E-state index contributed by atoms with van der Waals surface area (Å²) in [6.07, 6.45) is 5.65. The SMILES string of the molecule is CC(C)(c1ccccc1)C(Sc1ccc(Cl)cc1Cl)n1ccnc1. The predicted octanol–water partition coefficient (Wildman–Crippen LogP) is 6.46. The van der Waals surface area contributed by atoms with Crippen LogP contribution in [0.2, 0.25) is 10.0 Å². The van der Waals surface area contributed by atoms with Crippen LogP contribution in [0, 0.1) is 0 Å². The fourth-order valence-electron chi connectivity index (χ4n) is 2.69. The van der Waals surface area contributed by atoms with Gasteiger partial charge in [0.25, 0.3) is 0 Å². The lowest BCUT2D eigenvalue weighted by Crippen LogP contribution is -2.28. The molecule has 5 heteroatoms. The number of hydrogen-bond acceptors (Lipinski definition) is 2. The third-order valence-corrected chi connectivity index (χ3v) is 6.39. The molecule has 3 rings (SSSR count). The normalized spacial score (nSPS) is 13.0. The van der Waals surface area contributed by atoms with Crippen LogP contribution in [0.1, 0.15) is 24.8 Å². The second-order valence-electron chi connectivity index (χ2n) is 6.14. The number of nitrogens with zero attached hydrogens (tertiary/aromatic N) is 2. The van der Waals surface area contributed by atoms with Crippen molar-refractivity contribution in [2.75, 3.05) is 0 Å². The number of hydrogen-bond donors (Lipinski definition) is 0. The van der Waals surface area contributed by atoms with Gasteiger partial charge in [-0.1, -0.05) is 79.1 Å². The molecule has 0 fully saturated rings. The molecule has 0 saturated carbocycles. The molecule has 0 aliphatic heterocycles. The van der Waals surface area contributed by atoms with Crippen LogP contribution in [0.15, 0.2) is 72.1 Å². The summed E-state index contributed by atoms with van der Waals surface area (Å²) in [5.41, 5.74) is 1.14. The molecule has 24 heavy (non-hydrogen) atoms. The summed E-state index contributed by atoms with van der Waals surface area (Å²) in [5.74, 6) is 0. The number of thioether (sulfide) groups is 1. The summed E-state index contributed by atoms with van der Waals surface area (Å²) < 4.78 is 2.13. The van der Waals surface area contributed by atoms with Crippen LogP contribution >= 0.6 is 35.0 Å². The highest BCUT2D eigenvalue weighted by Crippen LogP contribution is 2.47. The van der Waals surface area contributed by atoms with E-state index in [4.69, 9.17) is 23.2 Å². The Labute approximate surface area is 156 Å². The topological polar surface area (TPSA) is 17.8 Å². The van der Waals surface area contributed by atoms with Crippen molar-refractivity contribution in [3.8, 4) is 0 Å². The van der Waals surface area contributed by atoms with Crippen molar-refractivity contribution in [1.29, 1.82) is 0 Å². The van der Waals surface area contributed by atoms with Gasteiger partial charge in [0.15, 0.2) is 0 Å². The van der Waals surface area contributed by atoms with E-state index in [0.29, 0.717) is 10.0 Å². The maximum atomic E-state index is 6.40. The molecular weight excluding hydrogens is 359 g/mol. The van der Waals surface area contributed by atoms with Crippen molar-refractivity contribution < 1.29 is 0 Å². The zero-order valence-electron chi connectivity index (χ0n) is 13.5. The molecule has 1 unspecified atom stereocenters. The Bertz CT molecular complexity index is 801. The third-order valence-electron chi connectivity index (χ3n) is 4.06. The molecule has 1 heterocycles. The Morgan fingerprint density at radius 3 is 2.46 bits per heavy atom. The molecule has 1 aromatic heterocycles. The highest BCUT2D eigenvalue weighted by molar-refractivity contribution is 7.99. The van der Waals surface area contributed by atoms with Crippen molar-refractivity contribution in [1.82, 2.24) is 9.55 Å². The average molecular weight is 377 g/mol. The van der Waals surface area contributed by atoms with E-state index in [1.165, 1.54) is 5.56 Å². The number of aromatic nitrogens is 2. The minimum atomic E-state index is -0.129. The zero-order valence-corrected chi connectivity index (χ0v) is 15.8. The van der Waals surface area contributed by atoms with E-state index in [0.717, 1.165) is 4.90 Å². The maximum absolute atomic E-state index is 6.40. The number of imidazole rings is 1. The van der Waals surface area contributed by atoms with Crippen LogP contribution in [0.3, 0.4) is 0 Å². The van der Waals surface area contributed by atoms with Gasteiger partial charge in [-0.3, -0.25) is 0 Å².